The first-order valence-corrected chi connectivity index (χ1v) is 6.52. The standard InChI is InChI=1S/C14H16ClN3O/c15-12-4-5-14(18-9-12)17-8-11(10-19)7-13-3-1-2-6-16-13/h1-6,9,11,19H,7-8,10H2,(H,17,18)/t11-/m0/s1. The zero-order valence-corrected chi connectivity index (χ0v) is 11.2. The molecular weight excluding hydrogens is 262 g/mol. The quantitative estimate of drug-likeness (QED) is 0.851. The molecule has 2 aromatic heterocycles. The van der Waals surface area contributed by atoms with Gasteiger partial charge in [0.05, 0.1) is 5.02 Å². The van der Waals surface area contributed by atoms with E-state index in [1.165, 1.54) is 0 Å². The van der Waals surface area contributed by atoms with E-state index >= 15 is 0 Å². The van der Waals surface area contributed by atoms with Gasteiger partial charge in [0.2, 0.25) is 0 Å². The van der Waals surface area contributed by atoms with Crippen LogP contribution in [0.2, 0.25) is 5.02 Å². The van der Waals surface area contributed by atoms with Crippen LogP contribution < -0.4 is 5.32 Å². The maximum atomic E-state index is 9.40. The Hall–Kier alpha value is -1.65. The minimum atomic E-state index is 0.104. The fourth-order valence-corrected chi connectivity index (χ4v) is 1.86. The molecule has 0 unspecified atom stereocenters. The Morgan fingerprint density at radius 2 is 2.11 bits per heavy atom. The molecule has 19 heavy (non-hydrogen) atoms. The molecule has 0 saturated carbocycles. The minimum Gasteiger partial charge on any atom is -0.396 e. The zero-order chi connectivity index (χ0) is 13.5. The Kier molecular flexibility index (Phi) is 5.12. The molecule has 0 radical (unpaired) electrons. The number of halogens is 1. The number of aromatic nitrogens is 2. The highest BCUT2D eigenvalue weighted by atomic mass is 35.5. The summed E-state index contributed by atoms with van der Waals surface area (Å²) in [5.41, 5.74) is 0.979. The number of hydrogen-bond donors (Lipinski definition) is 2. The van der Waals surface area contributed by atoms with E-state index in [-0.39, 0.29) is 12.5 Å². The SMILES string of the molecule is OC[C@H](CNc1ccc(Cl)cn1)Cc1ccccn1. The van der Waals surface area contributed by atoms with Crippen LogP contribution in [0.15, 0.2) is 42.7 Å². The molecule has 0 spiro atoms. The van der Waals surface area contributed by atoms with E-state index in [1.54, 1.807) is 18.5 Å². The fourth-order valence-electron chi connectivity index (χ4n) is 1.75. The number of anilines is 1. The molecule has 0 aromatic carbocycles. The van der Waals surface area contributed by atoms with Gasteiger partial charge in [0.15, 0.2) is 0 Å². The first-order chi connectivity index (χ1) is 9.28. The van der Waals surface area contributed by atoms with E-state index < -0.39 is 0 Å². The molecule has 2 rings (SSSR count). The molecule has 0 saturated heterocycles. The summed E-state index contributed by atoms with van der Waals surface area (Å²) in [5.74, 6) is 0.858. The van der Waals surface area contributed by atoms with Gasteiger partial charge < -0.3 is 10.4 Å². The fraction of sp³-hybridized carbons (Fsp3) is 0.286. The van der Waals surface area contributed by atoms with Crippen LogP contribution >= 0.6 is 11.6 Å². The number of nitrogens with one attached hydrogen (secondary N) is 1. The number of rotatable bonds is 6. The van der Waals surface area contributed by atoms with Crippen molar-refractivity contribution in [1.29, 1.82) is 0 Å². The molecule has 4 nitrogen and oxygen atoms in total. The Morgan fingerprint density at radius 3 is 2.74 bits per heavy atom. The molecule has 0 bridgehead atoms. The number of hydrogen-bond acceptors (Lipinski definition) is 4. The van der Waals surface area contributed by atoms with Gasteiger partial charge in [-0.15, -0.1) is 0 Å². The zero-order valence-electron chi connectivity index (χ0n) is 10.5. The van der Waals surface area contributed by atoms with Crippen molar-refractivity contribution in [3.05, 3.63) is 53.4 Å². The maximum Gasteiger partial charge on any atom is 0.125 e. The van der Waals surface area contributed by atoms with E-state index in [0.29, 0.717) is 11.6 Å². The van der Waals surface area contributed by atoms with Crippen molar-refractivity contribution in [2.24, 2.45) is 5.92 Å². The summed E-state index contributed by atoms with van der Waals surface area (Å²) in [7, 11) is 0. The summed E-state index contributed by atoms with van der Waals surface area (Å²) in [6.07, 6.45) is 4.09. The van der Waals surface area contributed by atoms with Gasteiger partial charge in [-0.25, -0.2) is 4.98 Å². The minimum absolute atomic E-state index is 0.104. The molecule has 100 valence electrons. The lowest BCUT2D eigenvalue weighted by molar-refractivity contribution is 0.232. The topological polar surface area (TPSA) is 58.0 Å². The maximum absolute atomic E-state index is 9.40. The Morgan fingerprint density at radius 1 is 1.21 bits per heavy atom. The van der Waals surface area contributed by atoms with Gasteiger partial charge in [0, 0.05) is 37.2 Å². The van der Waals surface area contributed by atoms with Crippen molar-refractivity contribution in [2.75, 3.05) is 18.5 Å². The second kappa shape index (κ2) is 7.07. The Bertz CT molecular complexity index is 490. The highest BCUT2D eigenvalue weighted by Crippen LogP contribution is 2.11. The van der Waals surface area contributed by atoms with Gasteiger partial charge >= 0.3 is 0 Å². The van der Waals surface area contributed by atoms with Gasteiger partial charge in [-0.3, -0.25) is 4.98 Å². The molecular formula is C14H16ClN3O. The molecule has 2 aromatic rings. The van der Waals surface area contributed by atoms with Crippen molar-refractivity contribution in [1.82, 2.24) is 9.97 Å². The summed E-state index contributed by atoms with van der Waals surface area (Å²) < 4.78 is 0. The van der Waals surface area contributed by atoms with E-state index in [4.69, 9.17) is 11.6 Å². The van der Waals surface area contributed by atoms with Crippen LogP contribution in [0.5, 0.6) is 0 Å². The highest BCUT2D eigenvalue weighted by molar-refractivity contribution is 6.30. The highest BCUT2D eigenvalue weighted by Gasteiger charge is 2.09. The van der Waals surface area contributed by atoms with Crippen LogP contribution in [0.25, 0.3) is 0 Å². The van der Waals surface area contributed by atoms with Gasteiger partial charge in [-0.1, -0.05) is 17.7 Å². The Labute approximate surface area is 117 Å². The first-order valence-electron chi connectivity index (χ1n) is 6.14. The smallest absolute Gasteiger partial charge is 0.125 e. The van der Waals surface area contributed by atoms with Crippen LogP contribution in [0.4, 0.5) is 5.82 Å². The van der Waals surface area contributed by atoms with E-state index in [0.717, 1.165) is 17.9 Å². The molecule has 2 N–H and O–H groups in total. The third-order valence-corrected chi connectivity index (χ3v) is 3.00. The number of pyridine rings is 2. The summed E-state index contributed by atoms with van der Waals surface area (Å²) >= 11 is 5.77. The van der Waals surface area contributed by atoms with Crippen LogP contribution in [-0.4, -0.2) is 28.2 Å². The van der Waals surface area contributed by atoms with Crippen LogP contribution in [-0.2, 0) is 6.42 Å². The molecule has 5 heteroatoms. The predicted octanol–water partition coefficient (Wildman–Crippen LogP) is 2.39. The van der Waals surface area contributed by atoms with Crippen molar-refractivity contribution in [3.8, 4) is 0 Å². The van der Waals surface area contributed by atoms with Crippen LogP contribution in [0.3, 0.4) is 0 Å². The monoisotopic (exact) mass is 277 g/mol. The molecule has 0 aliphatic rings. The molecule has 1 atom stereocenters. The Balaban J connectivity index is 1.87. The normalized spacial score (nSPS) is 12.1. The van der Waals surface area contributed by atoms with E-state index in [1.807, 2.05) is 24.3 Å². The van der Waals surface area contributed by atoms with Gasteiger partial charge in [0.25, 0.3) is 0 Å². The summed E-state index contributed by atoms with van der Waals surface area (Å²) in [4.78, 5) is 8.41. The third-order valence-electron chi connectivity index (χ3n) is 2.78. The predicted molar refractivity (Wildman–Crippen MR) is 76.3 cm³/mol. The van der Waals surface area contributed by atoms with Crippen molar-refractivity contribution in [2.45, 2.75) is 6.42 Å². The van der Waals surface area contributed by atoms with Gasteiger partial charge in [-0.05, 0) is 30.7 Å². The van der Waals surface area contributed by atoms with E-state index in [9.17, 15) is 5.11 Å². The first kappa shape index (κ1) is 13.8. The van der Waals surface area contributed by atoms with Crippen LogP contribution in [0.1, 0.15) is 5.69 Å². The van der Waals surface area contributed by atoms with Crippen molar-refractivity contribution in [3.63, 3.8) is 0 Å². The second-order valence-corrected chi connectivity index (χ2v) is 4.75. The second-order valence-electron chi connectivity index (χ2n) is 4.32. The number of aliphatic hydroxyl groups is 1. The largest absolute Gasteiger partial charge is 0.396 e. The third kappa shape index (κ3) is 4.50. The average molecular weight is 278 g/mol. The molecule has 0 fully saturated rings. The van der Waals surface area contributed by atoms with Crippen LogP contribution in [0, 0.1) is 5.92 Å². The van der Waals surface area contributed by atoms with Gasteiger partial charge in [0.1, 0.15) is 5.82 Å². The van der Waals surface area contributed by atoms with E-state index in [2.05, 4.69) is 15.3 Å². The molecule has 0 amide bonds. The summed E-state index contributed by atoms with van der Waals surface area (Å²) in [6, 6.07) is 9.39. The average Bonchev–Trinajstić information content (AvgIpc) is 2.46. The molecule has 0 aliphatic carbocycles. The van der Waals surface area contributed by atoms with Crippen molar-refractivity contribution >= 4 is 17.4 Å². The lowest BCUT2D eigenvalue weighted by atomic mass is 10.0. The number of nitrogens with zero attached hydrogens (tertiary/aromatic N) is 2. The summed E-state index contributed by atoms with van der Waals surface area (Å²) in [6.45, 7) is 0.749. The molecule has 0 aliphatic heterocycles. The van der Waals surface area contributed by atoms with Gasteiger partial charge in [-0.2, -0.15) is 0 Å². The number of aliphatic hydroxyl groups excluding tert-OH is 1. The molecule has 2 heterocycles. The van der Waals surface area contributed by atoms with Crippen molar-refractivity contribution < 1.29 is 5.11 Å². The lowest BCUT2D eigenvalue weighted by Crippen LogP contribution is -2.21. The summed E-state index contributed by atoms with van der Waals surface area (Å²) in [5, 5.41) is 13.2. The lowest BCUT2D eigenvalue weighted by Gasteiger charge is -2.15.